The molecule has 0 amide bonds. The molecular formula is C7H16N2OS. The van der Waals surface area contributed by atoms with E-state index in [4.69, 9.17) is 17.0 Å². The maximum Gasteiger partial charge on any atom is 0.166 e. The minimum atomic E-state index is 0.370. The molecule has 4 heteroatoms. The van der Waals surface area contributed by atoms with Gasteiger partial charge in [-0.2, -0.15) is 0 Å². The molecular weight excluding hydrogens is 160 g/mol. The monoisotopic (exact) mass is 176 g/mol. The number of nitrogens with one attached hydrogen (secondary N) is 2. The zero-order valence-electron chi connectivity index (χ0n) is 7.31. The Morgan fingerprint density at radius 1 is 1.64 bits per heavy atom. The number of ether oxygens (including phenoxy) is 1. The van der Waals surface area contributed by atoms with Crippen LogP contribution in [-0.4, -0.2) is 31.9 Å². The van der Waals surface area contributed by atoms with Crippen molar-refractivity contribution in [3.63, 3.8) is 0 Å². The van der Waals surface area contributed by atoms with Crippen molar-refractivity contribution in [2.24, 2.45) is 0 Å². The van der Waals surface area contributed by atoms with Crippen LogP contribution in [0.1, 0.15) is 13.3 Å². The van der Waals surface area contributed by atoms with E-state index in [1.54, 1.807) is 14.2 Å². The van der Waals surface area contributed by atoms with Gasteiger partial charge in [0.15, 0.2) is 5.11 Å². The van der Waals surface area contributed by atoms with Gasteiger partial charge in [0.25, 0.3) is 0 Å². The van der Waals surface area contributed by atoms with Crippen molar-refractivity contribution in [3.8, 4) is 0 Å². The summed E-state index contributed by atoms with van der Waals surface area (Å²) >= 11 is 4.92. The summed E-state index contributed by atoms with van der Waals surface area (Å²) in [6, 6.07) is 0.370. The molecule has 0 aromatic carbocycles. The first-order valence-corrected chi connectivity index (χ1v) is 4.08. The first-order chi connectivity index (χ1) is 5.20. The molecule has 0 saturated heterocycles. The molecule has 0 aromatic rings. The summed E-state index contributed by atoms with van der Waals surface area (Å²) in [5.74, 6) is 0. The number of hydrogen-bond acceptors (Lipinski definition) is 2. The first kappa shape index (κ1) is 10.7. The Labute approximate surface area is 73.5 Å². The zero-order chi connectivity index (χ0) is 8.69. The molecule has 0 aliphatic heterocycles. The zero-order valence-corrected chi connectivity index (χ0v) is 8.12. The van der Waals surface area contributed by atoms with Crippen LogP contribution >= 0.6 is 12.2 Å². The third-order valence-corrected chi connectivity index (χ3v) is 1.68. The number of methoxy groups -OCH3 is 1. The van der Waals surface area contributed by atoms with Gasteiger partial charge >= 0.3 is 0 Å². The molecule has 66 valence electrons. The second-order valence-electron chi connectivity index (χ2n) is 2.41. The third kappa shape index (κ3) is 6.06. The van der Waals surface area contributed by atoms with Gasteiger partial charge in [0, 0.05) is 26.8 Å². The van der Waals surface area contributed by atoms with E-state index in [0.29, 0.717) is 11.2 Å². The van der Waals surface area contributed by atoms with E-state index in [2.05, 4.69) is 17.6 Å². The van der Waals surface area contributed by atoms with Crippen LogP contribution in [-0.2, 0) is 4.74 Å². The second-order valence-corrected chi connectivity index (χ2v) is 2.81. The van der Waals surface area contributed by atoms with E-state index >= 15 is 0 Å². The number of rotatable bonds is 4. The van der Waals surface area contributed by atoms with Crippen molar-refractivity contribution in [2.45, 2.75) is 19.4 Å². The van der Waals surface area contributed by atoms with Crippen LogP contribution in [0.5, 0.6) is 0 Å². The summed E-state index contributed by atoms with van der Waals surface area (Å²) < 4.78 is 4.92. The van der Waals surface area contributed by atoms with E-state index in [9.17, 15) is 0 Å². The van der Waals surface area contributed by atoms with E-state index in [1.807, 2.05) is 0 Å². The third-order valence-electron chi connectivity index (χ3n) is 1.36. The lowest BCUT2D eigenvalue weighted by Gasteiger charge is -2.14. The minimum Gasteiger partial charge on any atom is -0.385 e. The van der Waals surface area contributed by atoms with Crippen LogP contribution in [0.15, 0.2) is 0 Å². The molecule has 0 aliphatic rings. The van der Waals surface area contributed by atoms with Crippen LogP contribution in [0.2, 0.25) is 0 Å². The summed E-state index contributed by atoms with van der Waals surface area (Å²) in [4.78, 5) is 0. The summed E-state index contributed by atoms with van der Waals surface area (Å²) in [5.41, 5.74) is 0. The van der Waals surface area contributed by atoms with Crippen LogP contribution in [0, 0.1) is 0 Å². The van der Waals surface area contributed by atoms with Crippen molar-refractivity contribution in [3.05, 3.63) is 0 Å². The largest absolute Gasteiger partial charge is 0.385 e. The van der Waals surface area contributed by atoms with Gasteiger partial charge < -0.3 is 15.4 Å². The molecule has 1 unspecified atom stereocenters. The highest BCUT2D eigenvalue weighted by Gasteiger charge is 2.00. The summed E-state index contributed by atoms with van der Waals surface area (Å²) in [6.07, 6.45) is 0.971. The molecule has 0 bridgehead atoms. The van der Waals surface area contributed by atoms with E-state index in [-0.39, 0.29) is 0 Å². The molecule has 0 rings (SSSR count). The number of hydrogen-bond donors (Lipinski definition) is 2. The molecule has 0 heterocycles. The van der Waals surface area contributed by atoms with Gasteiger partial charge in [-0.15, -0.1) is 0 Å². The predicted octanol–water partition coefficient (Wildman–Crippen LogP) is 0.505. The molecule has 11 heavy (non-hydrogen) atoms. The smallest absolute Gasteiger partial charge is 0.166 e. The maximum absolute atomic E-state index is 4.92. The van der Waals surface area contributed by atoms with E-state index in [0.717, 1.165) is 13.0 Å². The molecule has 1 atom stereocenters. The second kappa shape index (κ2) is 6.37. The topological polar surface area (TPSA) is 33.3 Å². The van der Waals surface area contributed by atoms with Crippen molar-refractivity contribution >= 4 is 17.3 Å². The Kier molecular flexibility index (Phi) is 6.16. The van der Waals surface area contributed by atoms with Gasteiger partial charge in [-0.1, -0.05) is 0 Å². The Bertz CT molecular complexity index is 119. The molecule has 0 aliphatic carbocycles. The predicted molar refractivity (Wildman–Crippen MR) is 50.7 cm³/mol. The average Bonchev–Trinajstić information content (AvgIpc) is 2.00. The highest BCUT2D eigenvalue weighted by atomic mass is 32.1. The first-order valence-electron chi connectivity index (χ1n) is 3.68. The van der Waals surface area contributed by atoms with Crippen molar-refractivity contribution in [1.29, 1.82) is 0 Å². The lowest BCUT2D eigenvalue weighted by molar-refractivity contribution is 0.187. The van der Waals surface area contributed by atoms with Crippen molar-refractivity contribution in [2.75, 3.05) is 20.8 Å². The fourth-order valence-corrected chi connectivity index (χ4v) is 0.864. The summed E-state index contributed by atoms with van der Waals surface area (Å²) in [5, 5.41) is 6.64. The molecule has 0 spiro atoms. The summed E-state index contributed by atoms with van der Waals surface area (Å²) in [6.45, 7) is 2.84. The van der Waals surface area contributed by atoms with E-state index < -0.39 is 0 Å². The Hall–Kier alpha value is -0.350. The Balaban J connectivity index is 3.35. The molecule has 2 N–H and O–H groups in total. The lowest BCUT2D eigenvalue weighted by Crippen LogP contribution is -2.39. The SMILES string of the molecule is CNC(=S)NC(C)CCOC. The highest BCUT2D eigenvalue weighted by Crippen LogP contribution is 1.89. The minimum absolute atomic E-state index is 0.370. The number of thiocarbonyl (C=S) groups is 1. The van der Waals surface area contributed by atoms with Gasteiger partial charge in [-0.05, 0) is 25.6 Å². The summed E-state index contributed by atoms with van der Waals surface area (Å²) in [7, 11) is 3.50. The molecule has 0 fully saturated rings. The Morgan fingerprint density at radius 2 is 2.27 bits per heavy atom. The van der Waals surface area contributed by atoms with Crippen LogP contribution in [0.4, 0.5) is 0 Å². The van der Waals surface area contributed by atoms with Crippen molar-refractivity contribution < 1.29 is 4.74 Å². The van der Waals surface area contributed by atoms with Gasteiger partial charge in [0.1, 0.15) is 0 Å². The molecule has 0 aromatic heterocycles. The van der Waals surface area contributed by atoms with E-state index in [1.165, 1.54) is 0 Å². The molecule has 0 radical (unpaired) electrons. The van der Waals surface area contributed by atoms with Gasteiger partial charge in [-0.3, -0.25) is 0 Å². The quantitative estimate of drug-likeness (QED) is 0.611. The van der Waals surface area contributed by atoms with Crippen LogP contribution in [0.3, 0.4) is 0 Å². The normalized spacial score (nSPS) is 12.3. The average molecular weight is 176 g/mol. The standard InChI is InChI=1S/C7H16N2OS/c1-6(4-5-10-3)9-7(11)8-2/h6H,4-5H2,1-3H3,(H2,8,9,11). The van der Waals surface area contributed by atoms with Gasteiger partial charge in [-0.25, -0.2) is 0 Å². The molecule has 0 saturated carbocycles. The van der Waals surface area contributed by atoms with Gasteiger partial charge in [0.05, 0.1) is 0 Å². The Morgan fingerprint density at radius 3 is 2.73 bits per heavy atom. The molecule has 3 nitrogen and oxygen atoms in total. The fraction of sp³-hybridized carbons (Fsp3) is 0.857. The van der Waals surface area contributed by atoms with Crippen LogP contribution < -0.4 is 10.6 Å². The maximum atomic E-state index is 4.92. The van der Waals surface area contributed by atoms with Gasteiger partial charge in [0.2, 0.25) is 0 Å². The lowest BCUT2D eigenvalue weighted by atomic mass is 10.2. The van der Waals surface area contributed by atoms with Crippen LogP contribution in [0.25, 0.3) is 0 Å². The highest BCUT2D eigenvalue weighted by molar-refractivity contribution is 7.80. The van der Waals surface area contributed by atoms with Crippen molar-refractivity contribution in [1.82, 2.24) is 10.6 Å². The fourth-order valence-electron chi connectivity index (χ4n) is 0.663.